The van der Waals surface area contributed by atoms with Crippen LogP contribution >= 0.6 is 23.4 Å². The number of thioether (sulfide) groups is 1. The zero-order valence-electron chi connectivity index (χ0n) is 11.1. The number of rotatable bonds is 5. The van der Waals surface area contributed by atoms with Crippen LogP contribution in [0.25, 0.3) is 0 Å². The molecule has 0 fully saturated rings. The Balaban J connectivity index is 2.05. The van der Waals surface area contributed by atoms with E-state index >= 15 is 0 Å². The topological polar surface area (TPSA) is 43.8 Å². The Labute approximate surface area is 123 Å². The standard InChI is InChI=1S/C14H18ClN3S/c1-3-18-14(12(15)8-17-18)13(16)9-19-11-6-4-5-10(2)7-11/h4-8,13H,3,9,16H2,1-2H3. The van der Waals surface area contributed by atoms with Gasteiger partial charge in [-0.15, -0.1) is 11.8 Å². The van der Waals surface area contributed by atoms with Gasteiger partial charge in [0, 0.05) is 17.2 Å². The van der Waals surface area contributed by atoms with Crippen LogP contribution in [0.1, 0.15) is 24.2 Å². The lowest BCUT2D eigenvalue weighted by molar-refractivity contribution is 0.593. The molecular formula is C14H18ClN3S. The molecule has 0 radical (unpaired) electrons. The molecule has 3 nitrogen and oxygen atoms in total. The summed E-state index contributed by atoms with van der Waals surface area (Å²) in [5, 5.41) is 4.87. The minimum Gasteiger partial charge on any atom is -0.322 e. The molecule has 0 aliphatic heterocycles. The van der Waals surface area contributed by atoms with E-state index < -0.39 is 0 Å². The molecule has 1 atom stereocenters. The molecular weight excluding hydrogens is 278 g/mol. The van der Waals surface area contributed by atoms with E-state index in [-0.39, 0.29) is 6.04 Å². The number of aromatic nitrogens is 2. The molecule has 0 spiro atoms. The molecule has 0 bridgehead atoms. The van der Waals surface area contributed by atoms with Crippen molar-refractivity contribution in [2.24, 2.45) is 5.73 Å². The van der Waals surface area contributed by atoms with Crippen molar-refractivity contribution in [2.45, 2.75) is 31.3 Å². The number of aryl methyl sites for hydroxylation is 2. The van der Waals surface area contributed by atoms with Crippen molar-refractivity contribution in [2.75, 3.05) is 5.75 Å². The van der Waals surface area contributed by atoms with Crippen LogP contribution in [0.2, 0.25) is 5.02 Å². The molecule has 0 aliphatic carbocycles. The number of nitrogens with zero attached hydrogens (tertiary/aromatic N) is 2. The Morgan fingerprint density at radius 2 is 2.26 bits per heavy atom. The second kappa shape index (κ2) is 6.46. The summed E-state index contributed by atoms with van der Waals surface area (Å²) in [5.74, 6) is 0.787. The maximum atomic E-state index is 6.24. The molecule has 19 heavy (non-hydrogen) atoms. The summed E-state index contributed by atoms with van der Waals surface area (Å²) < 4.78 is 1.86. The van der Waals surface area contributed by atoms with Crippen molar-refractivity contribution in [3.05, 3.63) is 46.7 Å². The zero-order chi connectivity index (χ0) is 13.8. The van der Waals surface area contributed by atoms with Gasteiger partial charge in [-0.1, -0.05) is 29.3 Å². The van der Waals surface area contributed by atoms with Crippen LogP contribution in [0.3, 0.4) is 0 Å². The molecule has 0 amide bonds. The highest BCUT2D eigenvalue weighted by Gasteiger charge is 2.16. The lowest BCUT2D eigenvalue weighted by Gasteiger charge is -2.14. The first-order chi connectivity index (χ1) is 9.11. The SMILES string of the molecule is CCn1ncc(Cl)c1C(N)CSc1cccc(C)c1. The third kappa shape index (κ3) is 3.53. The summed E-state index contributed by atoms with van der Waals surface area (Å²) in [6, 6.07) is 8.30. The molecule has 1 heterocycles. The first kappa shape index (κ1) is 14.4. The van der Waals surface area contributed by atoms with Gasteiger partial charge in [0.25, 0.3) is 0 Å². The van der Waals surface area contributed by atoms with Gasteiger partial charge >= 0.3 is 0 Å². The average Bonchev–Trinajstić information content (AvgIpc) is 2.77. The van der Waals surface area contributed by atoms with Crippen LogP contribution in [0.5, 0.6) is 0 Å². The van der Waals surface area contributed by atoms with Crippen molar-refractivity contribution in [1.29, 1.82) is 0 Å². The van der Waals surface area contributed by atoms with Crippen LogP contribution in [0, 0.1) is 6.92 Å². The average molecular weight is 296 g/mol. The zero-order valence-corrected chi connectivity index (χ0v) is 12.7. The van der Waals surface area contributed by atoms with Crippen LogP contribution < -0.4 is 5.73 Å². The highest BCUT2D eigenvalue weighted by Crippen LogP contribution is 2.27. The highest BCUT2D eigenvalue weighted by atomic mass is 35.5. The van der Waals surface area contributed by atoms with Crippen LogP contribution in [-0.2, 0) is 6.54 Å². The summed E-state index contributed by atoms with van der Waals surface area (Å²) >= 11 is 7.90. The monoisotopic (exact) mass is 295 g/mol. The van der Waals surface area contributed by atoms with Crippen LogP contribution in [0.4, 0.5) is 0 Å². The summed E-state index contributed by atoms with van der Waals surface area (Å²) in [7, 11) is 0. The molecule has 0 saturated carbocycles. The fourth-order valence-electron chi connectivity index (χ4n) is 1.96. The summed E-state index contributed by atoms with van der Waals surface area (Å²) in [6.45, 7) is 4.91. The number of nitrogens with two attached hydrogens (primary N) is 1. The van der Waals surface area contributed by atoms with Crippen molar-refractivity contribution >= 4 is 23.4 Å². The first-order valence-corrected chi connectivity index (χ1v) is 7.64. The minimum atomic E-state index is -0.111. The van der Waals surface area contributed by atoms with Gasteiger partial charge in [0.2, 0.25) is 0 Å². The molecule has 102 valence electrons. The van der Waals surface area contributed by atoms with E-state index in [4.69, 9.17) is 17.3 Å². The Hall–Kier alpha value is -0.970. The number of halogens is 1. The summed E-state index contributed by atoms with van der Waals surface area (Å²) in [6.07, 6.45) is 1.66. The van der Waals surface area contributed by atoms with Crippen LogP contribution in [0.15, 0.2) is 35.4 Å². The first-order valence-electron chi connectivity index (χ1n) is 6.28. The Kier molecular flexibility index (Phi) is 4.91. The minimum absolute atomic E-state index is 0.111. The van der Waals surface area contributed by atoms with Crippen molar-refractivity contribution < 1.29 is 0 Å². The lowest BCUT2D eigenvalue weighted by atomic mass is 10.2. The Morgan fingerprint density at radius 3 is 2.95 bits per heavy atom. The molecule has 0 saturated heterocycles. The Bertz CT molecular complexity index is 553. The van der Waals surface area contributed by atoms with Gasteiger partial charge in [0.1, 0.15) is 0 Å². The van der Waals surface area contributed by atoms with Gasteiger partial charge in [-0.3, -0.25) is 4.68 Å². The molecule has 5 heteroatoms. The third-order valence-electron chi connectivity index (χ3n) is 2.90. The van der Waals surface area contributed by atoms with Crippen molar-refractivity contribution in [3.63, 3.8) is 0 Å². The highest BCUT2D eigenvalue weighted by molar-refractivity contribution is 7.99. The second-order valence-electron chi connectivity index (χ2n) is 4.43. The predicted molar refractivity (Wildman–Crippen MR) is 81.7 cm³/mol. The number of hydrogen-bond donors (Lipinski definition) is 1. The van der Waals surface area contributed by atoms with E-state index in [1.165, 1.54) is 10.5 Å². The molecule has 1 aromatic carbocycles. The van der Waals surface area contributed by atoms with E-state index in [0.29, 0.717) is 5.02 Å². The maximum Gasteiger partial charge on any atom is 0.0834 e. The van der Waals surface area contributed by atoms with Crippen molar-refractivity contribution in [3.8, 4) is 0 Å². The molecule has 1 unspecified atom stereocenters. The fraction of sp³-hybridized carbons (Fsp3) is 0.357. The van der Waals surface area contributed by atoms with Crippen LogP contribution in [-0.4, -0.2) is 15.5 Å². The van der Waals surface area contributed by atoms with Gasteiger partial charge in [-0.2, -0.15) is 5.10 Å². The fourth-order valence-corrected chi connectivity index (χ4v) is 3.22. The molecule has 2 N–H and O–H groups in total. The Morgan fingerprint density at radius 1 is 1.47 bits per heavy atom. The second-order valence-corrected chi connectivity index (χ2v) is 5.93. The lowest BCUT2D eigenvalue weighted by Crippen LogP contribution is -2.18. The van der Waals surface area contributed by atoms with Gasteiger partial charge in [-0.05, 0) is 26.0 Å². The molecule has 1 aromatic heterocycles. The van der Waals surface area contributed by atoms with E-state index in [0.717, 1.165) is 18.0 Å². The van der Waals surface area contributed by atoms with Gasteiger partial charge in [-0.25, -0.2) is 0 Å². The smallest absolute Gasteiger partial charge is 0.0834 e. The third-order valence-corrected chi connectivity index (χ3v) is 4.31. The number of hydrogen-bond acceptors (Lipinski definition) is 3. The van der Waals surface area contributed by atoms with Gasteiger partial charge in [0.05, 0.1) is 23.0 Å². The van der Waals surface area contributed by atoms with Gasteiger partial charge < -0.3 is 5.73 Å². The number of benzene rings is 1. The molecule has 2 rings (SSSR count). The quantitative estimate of drug-likeness (QED) is 0.856. The van der Waals surface area contributed by atoms with E-state index in [2.05, 4.69) is 36.3 Å². The maximum absolute atomic E-state index is 6.24. The van der Waals surface area contributed by atoms with Crippen molar-refractivity contribution in [1.82, 2.24) is 9.78 Å². The summed E-state index contributed by atoms with van der Waals surface area (Å²) in [5.41, 5.74) is 8.42. The van der Waals surface area contributed by atoms with E-state index in [9.17, 15) is 0 Å². The molecule has 0 aliphatic rings. The molecule has 2 aromatic rings. The van der Waals surface area contributed by atoms with Gasteiger partial charge in [0.15, 0.2) is 0 Å². The normalized spacial score (nSPS) is 12.6. The van der Waals surface area contributed by atoms with E-state index in [1.54, 1.807) is 18.0 Å². The largest absolute Gasteiger partial charge is 0.322 e. The predicted octanol–water partition coefficient (Wildman–Crippen LogP) is 3.66. The van der Waals surface area contributed by atoms with E-state index in [1.807, 2.05) is 11.6 Å². The summed E-state index contributed by atoms with van der Waals surface area (Å²) in [4.78, 5) is 1.23.